The van der Waals surface area contributed by atoms with Crippen molar-refractivity contribution in [1.82, 2.24) is 9.78 Å². The fourth-order valence-corrected chi connectivity index (χ4v) is 1.42. The molecule has 14 heavy (non-hydrogen) atoms. The zero-order valence-electron chi connectivity index (χ0n) is 8.01. The van der Waals surface area contributed by atoms with Crippen LogP contribution in [0.3, 0.4) is 0 Å². The second-order valence-corrected chi connectivity index (χ2v) is 3.22. The van der Waals surface area contributed by atoms with Crippen LogP contribution in [0.5, 0.6) is 0 Å². The van der Waals surface area contributed by atoms with E-state index in [0.29, 0.717) is 0 Å². The lowest BCUT2D eigenvalue weighted by Crippen LogP contribution is -2.17. The van der Waals surface area contributed by atoms with Crippen molar-refractivity contribution in [3.63, 3.8) is 0 Å². The van der Waals surface area contributed by atoms with Gasteiger partial charge >= 0.3 is 7.48 Å². The Morgan fingerprint density at radius 3 is 2.86 bits per heavy atom. The summed E-state index contributed by atoms with van der Waals surface area (Å²) in [6, 6.07) is 7.77. The Morgan fingerprint density at radius 2 is 2.29 bits per heavy atom. The van der Waals surface area contributed by atoms with E-state index in [1.165, 1.54) is 0 Å². The first-order valence-electron chi connectivity index (χ1n) is 4.51. The fourth-order valence-electron chi connectivity index (χ4n) is 1.42. The molecule has 2 aromatic rings. The third-order valence-electron chi connectivity index (χ3n) is 2.27. The highest BCUT2D eigenvalue weighted by atomic mass is 16.2. The van der Waals surface area contributed by atoms with Gasteiger partial charge in [0.2, 0.25) is 0 Å². The van der Waals surface area contributed by atoms with Gasteiger partial charge in [-0.2, -0.15) is 5.10 Å². The Balaban J connectivity index is 2.43. The highest BCUT2D eigenvalue weighted by Gasteiger charge is 2.01. The lowest BCUT2D eigenvalue weighted by Gasteiger charge is -2.05. The SMILES string of the molecule is Cc1cc(-n2cccn2)ccc1BO. The van der Waals surface area contributed by atoms with Crippen LogP contribution in [0, 0.1) is 6.92 Å². The van der Waals surface area contributed by atoms with Gasteiger partial charge in [-0.15, -0.1) is 0 Å². The number of rotatable bonds is 2. The average molecular weight is 186 g/mol. The van der Waals surface area contributed by atoms with E-state index in [4.69, 9.17) is 5.02 Å². The minimum Gasteiger partial charge on any atom is -0.449 e. The smallest absolute Gasteiger partial charge is 0.305 e. The molecule has 0 amide bonds. The summed E-state index contributed by atoms with van der Waals surface area (Å²) >= 11 is 0. The molecule has 0 atom stereocenters. The standard InChI is InChI=1S/C10H11BN2O/c1-8-7-9(3-4-10(8)11-14)13-6-2-5-12-13/h2-7,11,14H,1H3. The van der Waals surface area contributed by atoms with E-state index in [2.05, 4.69) is 5.10 Å². The Hall–Kier alpha value is -1.55. The first-order valence-corrected chi connectivity index (χ1v) is 4.51. The van der Waals surface area contributed by atoms with Gasteiger partial charge in [0, 0.05) is 12.4 Å². The van der Waals surface area contributed by atoms with Gasteiger partial charge in [-0.05, 0) is 30.6 Å². The largest absolute Gasteiger partial charge is 0.449 e. The maximum absolute atomic E-state index is 9.02. The third kappa shape index (κ3) is 1.56. The maximum Gasteiger partial charge on any atom is 0.305 e. The molecule has 0 radical (unpaired) electrons. The van der Waals surface area contributed by atoms with Crippen molar-refractivity contribution in [2.75, 3.05) is 0 Å². The predicted molar refractivity (Wildman–Crippen MR) is 57.3 cm³/mol. The summed E-state index contributed by atoms with van der Waals surface area (Å²) in [4.78, 5) is 0. The second kappa shape index (κ2) is 3.68. The Labute approximate surface area is 83.3 Å². The molecule has 70 valence electrons. The number of aryl methyl sites for hydroxylation is 1. The molecular weight excluding hydrogens is 175 g/mol. The minimum atomic E-state index is 0.0885. The van der Waals surface area contributed by atoms with Crippen molar-refractivity contribution in [2.24, 2.45) is 0 Å². The van der Waals surface area contributed by atoms with Gasteiger partial charge in [0.1, 0.15) is 0 Å². The van der Waals surface area contributed by atoms with E-state index in [9.17, 15) is 0 Å². The topological polar surface area (TPSA) is 38.0 Å². The van der Waals surface area contributed by atoms with Gasteiger partial charge < -0.3 is 5.02 Å². The zero-order valence-corrected chi connectivity index (χ0v) is 8.01. The second-order valence-electron chi connectivity index (χ2n) is 3.22. The van der Waals surface area contributed by atoms with E-state index in [0.717, 1.165) is 16.7 Å². The molecule has 0 fully saturated rings. The highest BCUT2D eigenvalue weighted by Crippen LogP contribution is 2.06. The van der Waals surface area contributed by atoms with Gasteiger partial charge in [0.05, 0.1) is 5.69 Å². The predicted octanol–water partition coefficient (Wildman–Crippen LogP) is 0.150. The fraction of sp³-hybridized carbons (Fsp3) is 0.100. The average Bonchev–Trinajstić information content (AvgIpc) is 2.70. The van der Waals surface area contributed by atoms with Crippen LogP contribution in [-0.4, -0.2) is 22.3 Å². The number of benzene rings is 1. The summed E-state index contributed by atoms with van der Waals surface area (Å²) in [6.45, 7) is 1.98. The number of hydrogen-bond donors (Lipinski definition) is 1. The van der Waals surface area contributed by atoms with Crippen LogP contribution in [-0.2, 0) is 0 Å². The highest BCUT2D eigenvalue weighted by molar-refractivity contribution is 6.46. The molecule has 4 heteroatoms. The molecule has 1 aromatic carbocycles. The Kier molecular flexibility index (Phi) is 2.37. The van der Waals surface area contributed by atoms with Gasteiger partial charge in [-0.1, -0.05) is 11.6 Å². The van der Waals surface area contributed by atoms with E-state index < -0.39 is 0 Å². The van der Waals surface area contributed by atoms with E-state index in [1.54, 1.807) is 10.9 Å². The Morgan fingerprint density at radius 1 is 1.43 bits per heavy atom. The molecule has 3 nitrogen and oxygen atoms in total. The number of hydrogen-bond acceptors (Lipinski definition) is 2. The normalized spacial score (nSPS) is 10.1. The summed E-state index contributed by atoms with van der Waals surface area (Å²) in [5, 5.41) is 13.2. The van der Waals surface area contributed by atoms with Crippen molar-refractivity contribution in [3.05, 3.63) is 42.2 Å². The lowest BCUT2D eigenvalue weighted by atomic mass is 9.85. The van der Waals surface area contributed by atoms with Crippen LogP contribution >= 0.6 is 0 Å². The molecule has 0 spiro atoms. The quantitative estimate of drug-likeness (QED) is 0.678. The molecule has 1 N–H and O–H groups in total. The zero-order chi connectivity index (χ0) is 9.97. The molecule has 0 aliphatic rings. The van der Waals surface area contributed by atoms with Crippen molar-refractivity contribution in [1.29, 1.82) is 0 Å². The Bertz CT molecular complexity index is 426. The number of nitrogens with zero attached hydrogens (tertiary/aromatic N) is 2. The summed E-state index contributed by atoms with van der Waals surface area (Å²) in [7, 11) is 0.0885. The van der Waals surface area contributed by atoms with Crippen molar-refractivity contribution < 1.29 is 5.02 Å². The minimum absolute atomic E-state index is 0.0885. The molecule has 0 saturated heterocycles. The third-order valence-corrected chi connectivity index (χ3v) is 2.27. The van der Waals surface area contributed by atoms with Gasteiger partial charge in [0.25, 0.3) is 0 Å². The van der Waals surface area contributed by atoms with Crippen LogP contribution in [0.1, 0.15) is 5.56 Å². The van der Waals surface area contributed by atoms with E-state index >= 15 is 0 Å². The first kappa shape index (κ1) is 9.03. The molecular formula is C10H11BN2O. The van der Waals surface area contributed by atoms with Crippen molar-refractivity contribution in [3.8, 4) is 5.69 Å². The lowest BCUT2D eigenvalue weighted by molar-refractivity contribution is 0.615. The maximum atomic E-state index is 9.02. The molecule has 0 saturated carbocycles. The van der Waals surface area contributed by atoms with E-state index in [1.807, 2.05) is 37.4 Å². The van der Waals surface area contributed by atoms with Crippen LogP contribution < -0.4 is 5.46 Å². The van der Waals surface area contributed by atoms with Crippen LogP contribution in [0.15, 0.2) is 36.7 Å². The van der Waals surface area contributed by atoms with Crippen LogP contribution in [0.25, 0.3) is 5.69 Å². The van der Waals surface area contributed by atoms with Gasteiger partial charge in [-0.3, -0.25) is 0 Å². The molecule has 0 aliphatic heterocycles. The molecule has 1 heterocycles. The molecule has 2 rings (SSSR count). The summed E-state index contributed by atoms with van der Waals surface area (Å²) in [5.41, 5.74) is 3.06. The van der Waals surface area contributed by atoms with Crippen molar-refractivity contribution in [2.45, 2.75) is 6.92 Å². The van der Waals surface area contributed by atoms with Gasteiger partial charge in [0.15, 0.2) is 0 Å². The number of aromatic nitrogens is 2. The molecule has 1 aromatic heterocycles. The van der Waals surface area contributed by atoms with Crippen LogP contribution in [0.4, 0.5) is 0 Å². The van der Waals surface area contributed by atoms with Crippen molar-refractivity contribution >= 4 is 12.9 Å². The monoisotopic (exact) mass is 186 g/mol. The summed E-state index contributed by atoms with van der Waals surface area (Å²) in [6.07, 6.45) is 3.64. The summed E-state index contributed by atoms with van der Waals surface area (Å²) < 4.78 is 1.80. The van der Waals surface area contributed by atoms with Crippen LogP contribution in [0.2, 0.25) is 0 Å². The molecule has 0 bridgehead atoms. The van der Waals surface area contributed by atoms with Gasteiger partial charge in [-0.25, -0.2) is 4.68 Å². The molecule has 0 aliphatic carbocycles. The van der Waals surface area contributed by atoms with E-state index in [-0.39, 0.29) is 7.48 Å². The first-order chi connectivity index (χ1) is 6.81. The summed E-state index contributed by atoms with van der Waals surface area (Å²) in [5.74, 6) is 0. The molecule has 0 unspecified atom stereocenters.